The summed E-state index contributed by atoms with van der Waals surface area (Å²) >= 11 is 0. The Morgan fingerprint density at radius 3 is 2.60 bits per heavy atom. The molecule has 42 heavy (non-hydrogen) atoms. The van der Waals surface area contributed by atoms with Crippen LogP contribution in [0.4, 0.5) is 23.1 Å². The Bertz CT molecular complexity index is 1510. The quantitative estimate of drug-likeness (QED) is 0.176. The fraction of sp³-hybridized carbons (Fsp3) is 0.364. The number of likely N-dealkylation sites (N-methyl/N-ethyl adjacent to an activating group) is 1. The van der Waals surface area contributed by atoms with Crippen molar-refractivity contribution in [2.75, 3.05) is 48.8 Å². The molecule has 0 bridgehead atoms. The van der Waals surface area contributed by atoms with Crippen molar-refractivity contribution in [1.29, 1.82) is 0 Å². The van der Waals surface area contributed by atoms with Gasteiger partial charge < -0.3 is 25.6 Å². The van der Waals surface area contributed by atoms with Crippen molar-refractivity contribution in [3.8, 4) is 0 Å². The molecule has 1 aliphatic carbocycles. The van der Waals surface area contributed by atoms with Gasteiger partial charge in [-0.25, -0.2) is 4.98 Å². The van der Waals surface area contributed by atoms with E-state index in [2.05, 4.69) is 98.2 Å². The minimum Gasteiger partial charge on any atom is -0.384 e. The average molecular weight is 565 g/mol. The van der Waals surface area contributed by atoms with E-state index in [1.807, 2.05) is 13.4 Å². The number of hydrogen-bond donors (Lipinski definition) is 3. The van der Waals surface area contributed by atoms with Gasteiger partial charge in [-0.15, -0.1) is 0 Å². The maximum Gasteiger partial charge on any atom is 0.231 e. The Morgan fingerprint density at radius 1 is 0.976 bits per heavy atom. The van der Waals surface area contributed by atoms with Gasteiger partial charge in [-0.2, -0.15) is 9.97 Å². The second kappa shape index (κ2) is 13.6. The molecule has 2 aromatic heterocycles. The molecule has 0 radical (unpaired) electrons. The topological polar surface area (TPSA) is 92.2 Å². The van der Waals surface area contributed by atoms with Gasteiger partial charge in [0.05, 0.1) is 6.33 Å². The molecule has 3 heterocycles. The third-order valence-corrected chi connectivity index (χ3v) is 7.72. The van der Waals surface area contributed by atoms with Crippen LogP contribution >= 0.6 is 0 Å². The monoisotopic (exact) mass is 564 g/mol. The first-order valence-electron chi connectivity index (χ1n) is 15.0. The zero-order valence-electron chi connectivity index (χ0n) is 24.3. The normalized spacial score (nSPS) is 16.8. The van der Waals surface area contributed by atoms with Crippen LogP contribution in [0.1, 0.15) is 43.9 Å². The van der Waals surface area contributed by atoms with E-state index in [1.165, 1.54) is 11.1 Å². The molecule has 2 aliphatic rings. The summed E-state index contributed by atoms with van der Waals surface area (Å²) in [5.74, 6) is 1.36. The summed E-state index contributed by atoms with van der Waals surface area (Å²) in [6.45, 7) is 4.01. The first kappa shape index (κ1) is 27.9. The highest BCUT2D eigenvalue weighted by molar-refractivity contribution is 5.85. The van der Waals surface area contributed by atoms with Crippen LogP contribution in [0.5, 0.6) is 0 Å². The van der Waals surface area contributed by atoms with Gasteiger partial charge in [0.15, 0.2) is 17.0 Å². The molecule has 3 N–H and O–H groups in total. The van der Waals surface area contributed by atoms with Crippen molar-refractivity contribution in [3.05, 3.63) is 90.3 Å². The molecule has 1 saturated heterocycles. The molecule has 218 valence electrons. The lowest BCUT2D eigenvalue weighted by atomic mass is 10.0. The summed E-state index contributed by atoms with van der Waals surface area (Å²) in [5, 5.41) is 10.1. The zero-order valence-corrected chi connectivity index (χ0v) is 24.3. The van der Waals surface area contributed by atoms with Crippen LogP contribution in [0.15, 0.2) is 84.7 Å². The number of anilines is 4. The first-order valence-corrected chi connectivity index (χ1v) is 15.0. The molecule has 1 unspecified atom stereocenters. The minimum absolute atomic E-state index is 0.0731. The van der Waals surface area contributed by atoms with Gasteiger partial charge in [0.25, 0.3) is 0 Å². The van der Waals surface area contributed by atoms with Crippen molar-refractivity contribution in [1.82, 2.24) is 24.8 Å². The number of nitrogens with one attached hydrogen (secondary N) is 3. The van der Waals surface area contributed by atoms with E-state index in [0.29, 0.717) is 12.5 Å². The number of allylic oxidation sites excluding steroid dienone is 3. The van der Waals surface area contributed by atoms with Crippen molar-refractivity contribution in [2.45, 2.75) is 44.9 Å². The van der Waals surface area contributed by atoms with E-state index in [9.17, 15) is 0 Å². The predicted molar refractivity (Wildman–Crippen MR) is 170 cm³/mol. The molecule has 0 spiro atoms. The average Bonchev–Trinajstić information content (AvgIpc) is 3.47. The molecule has 6 rings (SSSR count). The highest BCUT2D eigenvalue weighted by Crippen LogP contribution is 2.32. The summed E-state index contributed by atoms with van der Waals surface area (Å²) in [4.78, 5) is 17.3. The second-order valence-electron chi connectivity index (χ2n) is 10.9. The smallest absolute Gasteiger partial charge is 0.231 e. The molecule has 9 heteroatoms. The van der Waals surface area contributed by atoms with Gasteiger partial charge in [0.1, 0.15) is 6.23 Å². The summed E-state index contributed by atoms with van der Waals surface area (Å²) < 4.78 is 8.25. The van der Waals surface area contributed by atoms with Crippen molar-refractivity contribution >= 4 is 34.3 Å². The number of imidazole rings is 1. The van der Waals surface area contributed by atoms with Crippen LogP contribution in [-0.2, 0) is 11.3 Å². The number of rotatable bonds is 12. The lowest BCUT2D eigenvalue weighted by Crippen LogP contribution is -2.27. The Balaban J connectivity index is 1.38. The maximum absolute atomic E-state index is 6.16. The first-order chi connectivity index (χ1) is 20.8. The molecule has 9 nitrogen and oxygen atoms in total. The maximum atomic E-state index is 6.16. The lowest BCUT2D eigenvalue weighted by molar-refractivity contribution is -0.0298. The number of benzene rings is 2. The summed E-state index contributed by atoms with van der Waals surface area (Å²) in [6, 6.07) is 18.8. The highest BCUT2D eigenvalue weighted by atomic mass is 16.5. The molecule has 1 atom stereocenters. The third-order valence-electron chi connectivity index (χ3n) is 7.72. The van der Waals surface area contributed by atoms with E-state index in [1.54, 1.807) is 0 Å². The SMILES string of the molecule is CNCCNc1ccc(Nc2nc(N(CC3=CC=CCC3)Cc3ccccc3)c3ncn(C4CCCCO4)c3n2)cc1. The largest absolute Gasteiger partial charge is 0.384 e. The van der Waals surface area contributed by atoms with Crippen LogP contribution in [0.2, 0.25) is 0 Å². The van der Waals surface area contributed by atoms with Crippen LogP contribution < -0.4 is 20.9 Å². The van der Waals surface area contributed by atoms with Crippen molar-refractivity contribution in [2.24, 2.45) is 0 Å². The number of fused-ring (bicyclic) bond motifs is 1. The number of hydrogen-bond acceptors (Lipinski definition) is 8. The highest BCUT2D eigenvalue weighted by Gasteiger charge is 2.24. The van der Waals surface area contributed by atoms with Gasteiger partial charge in [-0.05, 0) is 69.0 Å². The molecule has 0 saturated carbocycles. The molecule has 2 aromatic carbocycles. The molecular weight excluding hydrogens is 524 g/mol. The third kappa shape index (κ3) is 6.80. The summed E-state index contributed by atoms with van der Waals surface area (Å²) in [6.07, 6.45) is 13.7. The molecular formula is C33H40N8O. The van der Waals surface area contributed by atoms with Gasteiger partial charge in [-0.3, -0.25) is 4.57 Å². The van der Waals surface area contributed by atoms with Crippen LogP contribution in [0.25, 0.3) is 11.2 Å². The fourth-order valence-corrected chi connectivity index (χ4v) is 5.50. The molecule has 4 aromatic rings. The molecule has 0 amide bonds. The standard InChI is InChI=1S/C33H40N8O/c1-34-19-20-35-27-15-17-28(18-16-27)37-33-38-31(30-32(39-33)41(24-36-30)29-14-8-9-21-42-29)40(22-25-10-4-2-5-11-25)23-26-12-6-3-7-13-26/h2-6,10-12,15-18,24,29,34-35H,7-9,13-14,19-23H2,1H3,(H,37,38,39). The number of aromatic nitrogens is 4. The Labute approximate surface area is 247 Å². The Morgan fingerprint density at radius 2 is 1.83 bits per heavy atom. The fourth-order valence-electron chi connectivity index (χ4n) is 5.50. The van der Waals surface area contributed by atoms with Crippen molar-refractivity contribution in [3.63, 3.8) is 0 Å². The summed E-state index contributed by atoms with van der Waals surface area (Å²) in [5.41, 5.74) is 6.18. The molecule has 1 aliphatic heterocycles. The lowest BCUT2D eigenvalue weighted by Gasteiger charge is -2.27. The van der Waals surface area contributed by atoms with Gasteiger partial charge in [0.2, 0.25) is 5.95 Å². The minimum atomic E-state index is -0.0731. The van der Waals surface area contributed by atoms with Gasteiger partial charge >= 0.3 is 0 Å². The van der Waals surface area contributed by atoms with E-state index in [0.717, 1.165) is 86.7 Å². The number of nitrogens with zero attached hydrogens (tertiary/aromatic N) is 5. The van der Waals surface area contributed by atoms with Crippen LogP contribution in [-0.4, -0.2) is 52.8 Å². The van der Waals surface area contributed by atoms with E-state index < -0.39 is 0 Å². The van der Waals surface area contributed by atoms with Crippen LogP contribution in [0.3, 0.4) is 0 Å². The molecule has 1 fully saturated rings. The van der Waals surface area contributed by atoms with E-state index >= 15 is 0 Å². The van der Waals surface area contributed by atoms with Crippen LogP contribution in [0, 0.1) is 0 Å². The Hall–Kier alpha value is -4.21. The zero-order chi connectivity index (χ0) is 28.6. The van der Waals surface area contributed by atoms with E-state index in [4.69, 9.17) is 19.7 Å². The van der Waals surface area contributed by atoms with E-state index in [-0.39, 0.29) is 6.23 Å². The Kier molecular flexibility index (Phi) is 9.07. The predicted octanol–water partition coefficient (Wildman–Crippen LogP) is 6.18. The summed E-state index contributed by atoms with van der Waals surface area (Å²) in [7, 11) is 1.95. The second-order valence-corrected chi connectivity index (χ2v) is 10.9. The van der Waals surface area contributed by atoms with Gasteiger partial charge in [-0.1, -0.05) is 54.1 Å². The number of ether oxygens (including phenoxy) is 1. The van der Waals surface area contributed by atoms with Crippen molar-refractivity contribution < 1.29 is 4.74 Å². The van der Waals surface area contributed by atoms with Gasteiger partial charge in [0, 0.05) is 44.2 Å².